The van der Waals surface area contributed by atoms with Crippen molar-refractivity contribution in [3.8, 4) is 5.69 Å². The molecule has 0 fully saturated rings. The quantitative estimate of drug-likeness (QED) is 0.889. The van der Waals surface area contributed by atoms with Crippen molar-refractivity contribution in [1.29, 1.82) is 0 Å². The summed E-state index contributed by atoms with van der Waals surface area (Å²) in [6.07, 6.45) is 3.70. The second-order valence-corrected chi connectivity index (χ2v) is 4.93. The Kier molecular flexibility index (Phi) is 3.87. The first kappa shape index (κ1) is 13.6. The van der Waals surface area contributed by atoms with Gasteiger partial charge in [0.2, 0.25) is 0 Å². The zero-order valence-electron chi connectivity index (χ0n) is 10.5. The Morgan fingerprint density at radius 3 is 2.84 bits per heavy atom. The maximum absolute atomic E-state index is 11.1. The monoisotopic (exact) mass is 278 g/mol. The van der Waals surface area contributed by atoms with Crippen molar-refractivity contribution in [2.24, 2.45) is 11.5 Å². The van der Waals surface area contributed by atoms with Gasteiger partial charge in [-0.3, -0.25) is 4.79 Å². The first-order valence-electron chi connectivity index (χ1n) is 5.86. The molecule has 4 N–H and O–H groups in total. The van der Waals surface area contributed by atoms with Crippen molar-refractivity contribution in [1.82, 2.24) is 9.78 Å². The number of carbonyl (C=O) groups excluding carboxylic acids is 1. The number of hydrogen-bond donors (Lipinski definition) is 2. The second-order valence-electron chi connectivity index (χ2n) is 4.49. The van der Waals surface area contributed by atoms with Crippen LogP contribution in [0.25, 0.3) is 5.69 Å². The van der Waals surface area contributed by atoms with E-state index in [1.807, 2.05) is 13.0 Å². The number of nitrogens with zero attached hydrogens (tertiary/aromatic N) is 2. The molecule has 1 heterocycles. The molecule has 0 radical (unpaired) electrons. The molecule has 0 aliphatic rings. The standard InChI is InChI=1S/C13H15ClN4O/c1-8(15)4-9-2-3-11(14)5-12(9)18-7-10(6-17-18)13(16)19/h2-3,5-8H,4,15H2,1H3,(H2,16,19). The fraction of sp³-hybridized carbons (Fsp3) is 0.231. The first-order chi connectivity index (χ1) is 8.97. The van der Waals surface area contributed by atoms with E-state index in [0.29, 0.717) is 17.0 Å². The van der Waals surface area contributed by atoms with E-state index in [0.717, 1.165) is 11.3 Å². The molecule has 0 spiro atoms. The van der Waals surface area contributed by atoms with Gasteiger partial charge in [0.25, 0.3) is 5.91 Å². The van der Waals surface area contributed by atoms with E-state index in [-0.39, 0.29) is 6.04 Å². The lowest BCUT2D eigenvalue weighted by Gasteiger charge is -2.12. The third-order valence-corrected chi connectivity index (χ3v) is 2.94. The highest BCUT2D eigenvalue weighted by Crippen LogP contribution is 2.21. The molecule has 0 aliphatic heterocycles. The Bertz CT molecular complexity index is 606. The van der Waals surface area contributed by atoms with Gasteiger partial charge in [-0.1, -0.05) is 17.7 Å². The number of nitrogens with two attached hydrogens (primary N) is 2. The largest absolute Gasteiger partial charge is 0.366 e. The van der Waals surface area contributed by atoms with Gasteiger partial charge >= 0.3 is 0 Å². The Morgan fingerprint density at radius 2 is 2.26 bits per heavy atom. The lowest BCUT2D eigenvalue weighted by Crippen LogP contribution is -2.19. The lowest BCUT2D eigenvalue weighted by atomic mass is 10.1. The van der Waals surface area contributed by atoms with Crippen molar-refractivity contribution in [2.45, 2.75) is 19.4 Å². The van der Waals surface area contributed by atoms with E-state index in [2.05, 4.69) is 5.10 Å². The Hall–Kier alpha value is -1.85. The summed E-state index contributed by atoms with van der Waals surface area (Å²) >= 11 is 6.01. The third-order valence-electron chi connectivity index (χ3n) is 2.70. The van der Waals surface area contributed by atoms with Gasteiger partial charge in [-0.25, -0.2) is 4.68 Å². The molecule has 1 amide bonds. The smallest absolute Gasteiger partial charge is 0.251 e. The Morgan fingerprint density at radius 1 is 1.53 bits per heavy atom. The SMILES string of the molecule is CC(N)Cc1ccc(Cl)cc1-n1cc(C(N)=O)cn1. The van der Waals surface area contributed by atoms with Crippen molar-refractivity contribution >= 4 is 17.5 Å². The molecular formula is C13H15ClN4O. The molecule has 1 aromatic carbocycles. The third kappa shape index (κ3) is 3.13. The summed E-state index contributed by atoms with van der Waals surface area (Å²) in [6, 6.07) is 5.52. The fourth-order valence-electron chi connectivity index (χ4n) is 1.85. The van der Waals surface area contributed by atoms with Crippen LogP contribution in [0, 0.1) is 0 Å². The molecule has 2 aromatic rings. The number of rotatable bonds is 4. The predicted octanol–water partition coefficient (Wildman–Crippen LogP) is 1.51. The molecule has 1 atom stereocenters. The van der Waals surface area contributed by atoms with Crippen molar-refractivity contribution in [2.75, 3.05) is 0 Å². The topological polar surface area (TPSA) is 86.9 Å². The fourth-order valence-corrected chi connectivity index (χ4v) is 2.02. The van der Waals surface area contributed by atoms with E-state index in [1.165, 1.54) is 6.20 Å². The van der Waals surface area contributed by atoms with Gasteiger partial charge in [-0.15, -0.1) is 0 Å². The number of carbonyl (C=O) groups is 1. The van der Waals surface area contributed by atoms with E-state index in [1.54, 1.807) is 23.0 Å². The summed E-state index contributed by atoms with van der Waals surface area (Å²) in [4.78, 5) is 11.1. The number of halogens is 1. The number of hydrogen-bond acceptors (Lipinski definition) is 3. The minimum Gasteiger partial charge on any atom is -0.366 e. The zero-order valence-corrected chi connectivity index (χ0v) is 11.3. The average molecular weight is 279 g/mol. The van der Waals surface area contributed by atoms with E-state index in [9.17, 15) is 4.79 Å². The Labute approximate surface area is 116 Å². The Balaban J connectivity index is 2.46. The molecule has 0 bridgehead atoms. The molecule has 0 saturated carbocycles. The molecule has 1 aromatic heterocycles. The summed E-state index contributed by atoms with van der Waals surface area (Å²) in [6.45, 7) is 1.93. The summed E-state index contributed by atoms with van der Waals surface area (Å²) in [5.74, 6) is -0.512. The van der Waals surface area contributed by atoms with Crippen LogP contribution in [0.3, 0.4) is 0 Å². The van der Waals surface area contributed by atoms with Crippen LogP contribution in [0.2, 0.25) is 5.02 Å². The van der Waals surface area contributed by atoms with Crippen LogP contribution in [-0.2, 0) is 6.42 Å². The van der Waals surface area contributed by atoms with E-state index in [4.69, 9.17) is 23.1 Å². The minimum atomic E-state index is -0.512. The number of benzene rings is 1. The molecular weight excluding hydrogens is 264 g/mol. The van der Waals surface area contributed by atoms with Gasteiger partial charge in [-0.2, -0.15) is 5.10 Å². The molecule has 19 heavy (non-hydrogen) atoms. The molecule has 1 unspecified atom stereocenters. The van der Waals surface area contributed by atoms with Crippen molar-refractivity contribution in [3.05, 3.63) is 46.7 Å². The summed E-state index contributed by atoms with van der Waals surface area (Å²) in [5, 5.41) is 4.73. The van der Waals surface area contributed by atoms with Crippen LogP contribution < -0.4 is 11.5 Å². The molecule has 6 heteroatoms. The highest BCUT2D eigenvalue weighted by Gasteiger charge is 2.11. The summed E-state index contributed by atoms with van der Waals surface area (Å²) in [7, 11) is 0. The first-order valence-corrected chi connectivity index (χ1v) is 6.24. The highest BCUT2D eigenvalue weighted by molar-refractivity contribution is 6.30. The molecule has 2 rings (SSSR count). The number of amides is 1. The van der Waals surface area contributed by atoms with Crippen LogP contribution in [0.5, 0.6) is 0 Å². The normalized spacial score (nSPS) is 12.4. The maximum atomic E-state index is 11.1. The lowest BCUT2D eigenvalue weighted by molar-refractivity contribution is 0.100. The van der Waals surface area contributed by atoms with E-state index >= 15 is 0 Å². The molecule has 5 nitrogen and oxygen atoms in total. The molecule has 0 aliphatic carbocycles. The average Bonchev–Trinajstić information content (AvgIpc) is 2.80. The number of aromatic nitrogens is 2. The van der Waals surface area contributed by atoms with Crippen LogP contribution in [0.4, 0.5) is 0 Å². The second kappa shape index (κ2) is 5.42. The number of primary amides is 1. The summed E-state index contributed by atoms with van der Waals surface area (Å²) in [5.41, 5.74) is 13.2. The van der Waals surface area contributed by atoms with Gasteiger partial charge < -0.3 is 11.5 Å². The van der Waals surface area contributed by atoms with Gasteiger partial charge in [0, 0.05) is 17.3 Å². The predicted molar refractivity (Wildman–Crippen MR) is 74.4 cm³/mol. The van der Waals surface area contributed by atoms with Crippen LogP contribution in [0.15, 0.2) is 30.6 Å². The van der Waals surface area contributed by atoms with Crippen LogP contribution >= 0.6 is 11.6 Å². The molecule has 0 saturated heterocycles. The summed E-state index contributed by atoms with van der Waals surface area (Å²) < 4.78 is 1.59. The van der Waals surface area contributed by atoms with Gasteiger partial charge in [0.15, 0.2) is 0 Å². The van der Waals surface area contributed by atoms with Crippen LogP contribution in [0.1, 0.15) is 22.8 Å². The molecule has 100 valence electrons. The maximum Gasteiger partial charge on any atom is 0.251 e. The highest BCUT2D eigenvalue weighted by atomic mass is 35.5. The van der Waals surface area contributed by atoms with Gasteiger partial charge in [0.1, 0.15) is 0 Å². The minimum absolute atomic E-state index is 0.0195. The van der Waals surface area contributed by atoms with Crippen LogP contribution in [-0.4, -0.2) is 21.7 Å². The van der Waals surface area contributed by atoms with Gasteiger partial charge in [-0.05, 0) is 31.0 Å². The van der Waals surface area contributed by atoms with Crippen molar-refractivity contribution in [3.63, 3.8) is 0 Å². The van der Waals surface area contributed by atoms with E-state index < -0.39 is 5.91 Å². The van der Waals surface area contributed by atoms with Gasteiger partial charge in [0.05, 0.1) is 17.4 Å². The zero-order chi connectivity index (χ0) is 14.0. The van der Waals surface area contributed by atoms with Crippen molar-refractivity contribution < 1.29 is 4.79 Å².